The van der Waals surface area contributed by atoms with Crippen LogP contribution < -0.4 is 12.4 Å². The summed E-state index contributed by atoms with van der Waals surface area (Å²) in [5.74, 6) is 0. The second-order valence-corrected chi connectivity index (χ2v) is 4.01. The fourth-order valence-electron chi connectivity index (χ4n) is 0.861. The van der Waals surface area contributed by atoms with Crippen molar-refractivity contribution in [1.82, 2.24) is 0 Å². The van der Waals surface area contributed by atoms with Gasteiger partial charge in [0.2, 0.25) is 0 Å². The number of nitrogens with zero attached hydrogens (tertiary/aromatic N) is 1. The molecule has 1 atom stereocenters. The molecule has 3 heteroatoms. The van der Waals surface area contributed by atoms with Crippen LogP contribution in [0.3, 0.4) is 0 Å². The zero-order chi connectivity index (χ0) is 8.20. The van der Waals surface area contributed by atoms with E-state index in [1.54, 1.807) is 0 Å². The number of aliphatic hydroxyl groups excluding tert-OH is 1. The van der Waals surface area contributed by atoms with Crippen LogP contribution in [0, 0.1) is 0 Å². The van der Waals surface area contributed by atoms with Gasteiger partial charge in [0.05, 0.1) is 33.8 Å². The largest absolute Gasteiger partial charge is 1.00 e. The Hall–Kier alpha value is 0.210. The Bertz CT molecular complexity index is 88.6. The smallest absolute Gasteiger partial charge is 0.0781 e. The van der Waals surface area contributed by atoms with Gasteiger partial charge >= 0.3 is 0 Å². The van der Waals surface area contributed by atoms with Gasteiger partial charge in [-0.25, -0.2) is 0 Å². The van der Waals surface area contributed by atoms with Gasteiger partial charge in [0, 0.05) is 0 Å². The summed E-state index contributed by atoms with van der Waals surface area (Å²) in [5.41, 5.74) is 0. The average molecular weight is 182 g/mol. The second-order valence-electron chi connectivity index (χ2n) is 4.01. The van der Waals surface area contributed by atoms with E-state index in [-0.39, 0.29) is 18.5 Å². The molecule has 1 unspecified atom stereocenters. The van der Waals surface area contributed by atoms with Gasteiger partial charge in [-0.3, -0.25) is 0 Å². The molecule has 0 fully saturated rings. The summed E-state index contributed by atoms with van der Waals surface area (Å²) in [4.78, 5) is 0. The van der Waals surface area contributed by atoms with Crippen LogP contribution in [-0.4, -0.2) is 43.4 Å². The third kappa shape index (κ3) is 13.2. The summed E-state index contributed by atoms with van der Waals surface area (Å²) in [6, 6.07) is 0. The predicted molar refractivity (Wildman–Crippen MR) is 43.8 cm³/mol. The van der Waals surface area contributed by atoms with Crippen LogP contribution in [0.4, 0.5) is 0 Å². The summed E-state index contributed by atoms with van der Waals surface area (Å²) in [6.45, 7) is 2.99. The summed E-state index contributed by atoms with van der Waals surface area (Å²) >= 11 is 0. The summed E-state index contributed by atoms with van der Waals surface area (Å²) in [6.07, 6.45) is 1.91. The molecule has 0 saturated heterocycles. The molecule has 0 aromatic rings. The van der Waals surface area contributed by atoms with Gasteiger partial charge < -0.3 is 22.0 Å². The molecule has 0 radical (unpaired) electrons. The van der Waals surface area contributed by atoms with Gasteiger partial charge in [-0.05, 0) is 19.8 Å². The molecule has 0 saturated carbocycles. The highest BCUT2D eigenvalue weighted by Crippen LogP contribution is 2.00. The first kappa shape index (κ1) is 13.8. The maximum atomic E-state index is 8.94. The molecule has 1 N–H and O–H groups in total. The monoisotopic (exact) mass is 181 g/mol. The topological polar surface area (TPSA) is 20.2 Å². The number of hydrogen-bond acceptors (Lipinski definition) is 1. The lowest BCUT2D eigenvalue weighted by molar-refractivity contribution is -0.870. The molecule has 11 heavy (non-hydrogen) atoms. The Morgan fingerprint density at radius 1 is 1.27 bits per heavy atom. The second kappa shape index (κ2) is 5.81. The van der Waals surface area contributed by atoms with E-state index in [0.717, 1.165) is 23.9 Å². The van der Waals surface area contributed by atoms with E-state index in [1.165, 1.54) is 0 Å². The summed E-state index contributed by atoms with van der Waals surface area (Å²) in [5, 5.41) is 8.94. The molecular formula is C8H20ClNO. The number of hydrogen-bond donors (Lipinski definition) is 1. The molecule has 0 spiro atoms. The molecule has 0 aliphatic carbocycles. The van der Waals surface area contributed by atoms with Gasteiger partial charge in [-0.2, -0.15) is 0 Å². The normalized spacial score (nSPS) is 13.9. The van der Waals surface area contributed by atoms with E-state index in [4.69, 9.17) is 5.11 Å². The van der Waals surface area contributed by atoms with Crippen molar-refractivity contribution in [3.8, 4) is 0 Å². The minimum atomic E-state index is -0.133. The maximum Gasteiger partial charge on any atom is 0.0781 e. The molecule has 0 aromatic carbocycles. The minimum absolute atomic E-state index is 0. The fraction of sp³-hybridized carbons (Fsp3) is 1.00. The van der Waals surface area contributed by atoms with Crippen molar-refractivity contribution in [1.29, 1.82) is 0 Å². The van der Waals surface area contributed by atoms with Gasteiger partial charge in [-0.15, -0.1) is 0 Å². The first-order chi connectivity index (χ1) is 4.42. The van der Waals surface area contributed by atoms with Gasteiger partial charge in [-0.1, -0.05) is 0 Å². The van der Waals surface area contributed by atoms with Crippen LogP contribution in [0.15, 0.2) is 0 Å². The zero-order valence-corrected chi connectivity index (χ0v) is 8.73. The molecule has 2 nitrogen and oxygen atoms in total. The van der Waals surface area contributed by atoms with Crippen molar-refractivity contribution in [3.63, 3.8) is 0 Å². The highest BCUT2D eigenvalue weighted by Gasteiger charge is 2.06. The van der Waals surface area contributed by atoms with Crippen LogP contribution in [0.2, 0.25) is 0 Å². The SMILES string of the molecule is CC(O)CCC[N+](C)(C)C.[Cl-]. The van der Waals surface area contributed by atoms with E-state index >= 15 is 0 Å². The van der Waals surface area contributed by atoms with Crippen molar-refractivity contribution >= 4 is 0 Å². The summed E-state index contributed by atoms with van der Waals surface area (Å²) in [7, 11) is 6.51. The van der Waals surface area contributed by atoms with Gasteiger partial charge in [0.15, 0.2) is 0 Å². The molecule has 0 amide bonds. The average Bonchev–Trinajstić information content (AvgIpc) is 1.59. The van der Waals surface area contributed by atoms with E-state index in [0.29, 0.717) is 0 Å². The van der Waals surface area contributed by atoms with Crippen molar-refractivity contribution in [2.24, 2.45) is 0 Å². The number of rotatable bonds is 4. The van der Waals surface area contributed by atoms with E-state index in [2.05, 4.69) is 21.1 Å². The molecular weight excluding hydrogens is 162 g/mol. The van der Waals surface area contributed by atoms with Crippen molar-refractivity contribution in [3.05, 3.63) is 0 Å². The van der Waals surface area contributed by atoms with Crippen LogP contribution in [0.5, 0.6) is 0 Å². The lowest BCUT2D eigenvalue weighted by atomic mass is 10.2. The standard InChI is InChI=1S/C8H20NO.ClH/c1-8(10)6-5-7-9(2,3)4;/h8,10H,5-7H2,1-4H3;1H/q+1;/p-1. The van der Waals surface area contributed by atoms with Crippen molar-refractivity contribution in [2.75, 3.05) is 27.7 Å². The van der Waals surface area contributed by atoms with Gasteiger partial charge in [0.1, 0.15) is 0 Å². The minimum Gasteiger partial charge on any atom is -1.00 e. The maximum absolute atomic E-state index is 8.94. The van der Waals surface area contributed by atoms with Gasteiger partial charge in [0.25, 0.3) is 0 Å². The van der Waals surface area contributed by atoms with Crippen LogP contribution in [0.1, 0.15) is 19.8 Å². The Balaban J connectivity index is 0. The van der Waals surface area contributed by atoms with E-state index < -0.39 is 0 Å². The third-order valence-electron chi connectivity index (χ3n) is 1.45. The van der Waals surface area contributed by atoms with Crippen molar-refractivity contribution in [2.45, 2.75) is 25.9 Å². The number of halogens is 1. The Labute approximate surface area is 76.2 Å². The first-order valence-corrected chi connectivity index (χ1v) is 3.90. The molecule has 0 aromatic heterocycles. The Morgan fingerprint density at radius 3 is 2.00 bits per heavy atom. The highest BCUT2D eigenvalue weighted by atomic mass is 35.5. The lowest BCUT2D eigenvalue weighted by Crippen LogP contribution is -3.00. The van der Waals surface area contributed by atoms with Crippen LogP contribution >= 0.6 is 0 Å². The Kier molecular flexibility index (Phi) is 7.28. The summed E-state index contributed by atoms with van der Waals surface area (Å²) < 4.78 is 0.993. The number of quaternary nitrogens is 1. The quantitative estimate of drug-likeness (QED) is 0.491. The third-order valence-corrected chi connectivity index (χ3v) is 1.45. The van der Waals surface area contributed by atoms with Crippen molar-refractivity contribution < 1.29 is 22.0 Å². The Morgan fingerprint density at radius 2 is 1.73 bits per heavy atom. The molecule has 0 aliphatic heterocycles. The molecule has 0 bridgehead atoms. The highest BCUT2D eigenvalue weighted by molar-refractivity contribution is 4.45. The van der Waals surface area contributed by atoms with E-state index in [1.807, 2.05) is 6.92 Å². The molecule has 0 heterocycles. The zero-order valence-electron chi connectivity index (χ0n) is 7.97. The van der Waals surface area contributed by atoms with E-state index in [9.17, 15) is 0 Å². The molecule has 70 valence electrons. The molecule has 0 rings (SSSR count). The predicted octanol–water partition coefficient (Wildman–Crippen LogP) is -2.14. The van der Waals surface area contributed by atoms with Crippen LogP contribution in [-0.2, 0) is 0 Å². The molecule has 0 aliphatic rings. The fourth-order valence-corrected chi connectivity index (χ4v) is 0.861. The first-order valence-electron chi connectivity index (χ1n) is 3.90. The number of aliphatic hydroxyl groups is 1. The lowest BCUT2D eigenvalue weighted by Gasteiger charge is -2.23. The van der Waals surface area contributed by atoms with Crippen LogP contribution in [0.25, 0.3) is 0 Å².